The van der Waals surface area contributed by atoms with Gasteiger partial charge in [0.25, 0.3) is 0 Å². The molecule has 0 bridgehead atoms. The van der Waals surface area contributed by atoms with Crippen molar-refractivity contribution in [3.8, 4) is 11.8 Å². The smallest absolute Gasteiger partial charge is 0.226 e. The van der Waals surface area contributed by atoms with Gasteiger partial charge in [0.2, 0.25) is 5.91 Å². The van der Waals surface area contributed by atoms with E-state index in [4.69, 9.17) is 4.74 Å². The summed E-state index contributed by atoms with van der Waals surface area (Å²) in [6.45, 7) is 3.26. The van der Waals surface area contributed by atoms with Crippen molar-refractivity contribution in [3.63, 3.8) is 0 Å². The molecule has 0 saturated carbocycles. The number of nitrogens with zero attached hydrogens (tertiary/aromatic N) is 4. The molecule has 2 aromatic rings. The molecule has 138 valence electrons. The Morgan fingerprint density at radius 1 is 1.15 bits per heavy atom. The Hall–Kier alpha value is -3.07. The summed E-state index contributed by atoms with van der Waals surface area (Å²) in [7, 11) is 0. The maximum atomic E-state index is 13.1. The monoisotopic (exact) mass is 362 g/mol. The average molecular weight is 362 g/mol. The maximum Gasteiger partial charge on any atom is 0.226 e. The molecular formula is C21H22N4O2. The molecule has 1 fully saturated rings. The van der Waals surface area contributed by atoms with Crippen LogP contribution < -0.4 is 9.64 Å². The number of amides is 1. The van der Waals surface area contributed by atoms with Gasteiger partial charge in [-0.15, -0.1) is 0 Å². The molecule has 1 aromatic heterocycles. The van der Waals surface area contributed by atoms with E-state index in [0.717, 1.165) is 24.2 Å². The first kappa shape index (κ1) is 17.3. The molecule has 2 aliphatic heterocycles. The summed E-state index contributed by atoms with van der Waals surface area (Å²) in [5.74, 6) is 1.78. The Labute approximate surface area is 159 Å². The predicted octanol–water partition coefficient (Wildman–Crippen LogP) is 2.24. The Balaban J connectivity index is 1.41. The number of anilines is 1. The van der Waals surface area contributed by atoms with E-state index < -0.39 is 0 Å². The molecule has 4 rings (SSSR count). The number of para-hydroxylation sites is 1. The zero-order chi connectivity index (χ0) is 18.6. The number of hydrogen-bond donors (Lipinski definition) is 0. The zero-order valence-electron chi connectivity index (χ0n) is 15.2. The van der Waals surface area contributed by atoms with E-state index in [1.807, 2.05) is 29.2 Å². The molecule has 27 heavy (non-hydrogen) atoms. The van der Waals surface area contributed by atoms with Crippen LogP contribution in [0.1, 0.15) is 17.5 Å². The maximum absolute atomic E-state index is 13.1. The third-order valence-corrected chi connectivity index (χ3v) is 5.31. The highest BCUT2D eigenvalue weighted by Gasteiger charge is 2.30. The Morgan fingerprint density at radius 2 is 1.96 bits per heavy atom. The number of piperazine rings is 1. The van der Waals surface area contributed by atoms with E-state index >= 15 is 0 Å². The summed E-state index contributed by atoms with van der Waals surface area (Å²) in [4.78, 5) is 21.5. The van der Waals surface area contributed by atoms with Crippen LogP contribution >= 0.6 is 0 Å². The van der Waals surface area contributed by atoms with Gasteiger partial charge in [-0.1, -0.05) is 18.2 Å². The number of rotatable bonds is 2. The second kappa shape index (κ2) is 7.67. The summed E-state index contributed by atoms with van der Waals surface area (Å²) >= 11 is 0. The van der Waals surface area contributed by atoms with Crippen LogP contribution in [0.25, 0.3) is 0 Å². The molecule has 2 aliphatic rings. The SMILES string of the molecule is N#Cc1cccnc1N1CCN(C(=O)[C@H]2CCOc3ccccc3C2)CC1. The molecule has 0 aliphatic carbocycles. The highest BCUT2D eigenvalue weighted by Crippen LogP contribution is 2.28. The fourth-order valence-corrected chi connectivity index (χ4v) is 3.84. The van der Waals surface area contributed by atoms with Crippen molar-refractivity contribution in [1.29, 1.82) is 5.26 Å². The lowest BCUT2D eigenvalue weighted by atomic mass is 9.95. The van der Waals surface area contributed by atoms with E-state index in [9.17, 15) is 10.1 Å². The molecule has 0 radical (unpaired) electrons. The van der Waals surface area contributed by atoms with Gasteiger partial charge in [-0.25, -0.2) is 4.98 Å². The van der Waals surface area contributed by atoms with Gasteiger partial charge in [0, 0.05) is 38.3 Å². The summed E-state index contributed by atoms with van der Waals surface area (Å²) in [6, 6.07) is 13.7. The Bertz CT molecular complexity index is 868. The quantitative estimate of drug-likeness (QED) is 0.819. The highest BCUT2D eigenvalue weighted by atomic mass is 16.5. The summed E-state index contributed by atoms with van der Waals surface area (Å²) in [6.07, 6.45) is 3.18. The Morgan fingerprint density at radius 3 is 2.78 bits per heavy atom. The summed E-state index contributed by atoms with van der Waals surface area (Å²) in [5.41, 5.74) is 1.69. The van der Waals surface area contributed by atoms with Crippen molar-refractivity contribution < 1.29 is 9.53 Å². The molecular weight excluding hydrogens is 340 g/mol. The highest BCUT2D eigenvalue weighted by molar-refractivity contribution is 5.79. The molecule has 1 atom stereocenters. The number of ether oxygens (including phenoxy) is 1. The number of pyridine rings is 1. The first-order chi connectivity index (χ1) is 13.3. The van der Waals surface area contributed by atoms with E-state index in [2.05, 4.69) is 16.0 Å². The summed E-state index contributed by atoms with van der Waals surface area (Å²) < 4.78 is 5.80. The number of aromatic nitrogens is 1. The summed E-state index contributed by atoms with van der Waals surface area (Å²) in [5, 5.41) is 9.27. The van der Waals surface area contributed by atoms with Crippen molar-refractivity contribution in [2.24, 2.45) is 5.92 Å². The topological polar surface area (TPSA) is 69.5 Å². The predicted molar refractivity (Wildman–Crippen MR) is 101 cm³/mol. The van der Waals surface area contributed by atoms with Crippen LogP contribution in [0.3, 0.4) is 0 Å². The normalized spacial score (nSPS) is 19.4. The lowest BCUT2D eigenvalue weighted by Crippen LogP contribution is -2.51. The van der Waals surface area contributed by atoms with Crippen LogP contribution in [-0.4, -0.2) is 48.6 Å². The fourth-order valence-electron chi connectivity index (χ4n) is 3.84. The third kappa shape index (κ3) is 3.59. The number of benzene rings is 1. The molecule has 6 heteroatoms. The molecule has 0 N–H and O–H groups in total. The number of nitriles is 1. The van der Waals surface area contributed by atoms with E-state index in [1.165, 1.54) is 0 Å². The van der Waals surface area contributed by atoms with Crippen LogP contribution in [0.2, 0.25) is 0 Å². The zero-order valence-corrected chi connectivity index (χ0v) is 15.2. The van der Waals surface area contributed by atoms with Crippen molar-refractivity contribution in [2.75, 3.05) is 37.7 Å². The van der Waals surface area contributed by atoms with Gasteiger partial charge in [0.05, 0.1) is 12.2 Å². The van der Waals surface area contributed by atoms with Crippen molar-refractivity contribution in [1.82, 2.24) is 9.88 Å². The van der Waals surface area contributed by atoms with Crippen LogP contribution in [0.4, 0.5) is 5.82 Å². The molecule has 1 saturated heterocycles. The van der Waals surface area contributed by atoms with Crippen molar-refractivity contribution in [3.05, 3.63) is 53.7 Å². The van der Waals surface area contributed by atoms with Gasteiger partial charge >= 0.3 is 0 Å². The van der Waals surface area contributed by atoms with Gasteiger partial charge < -0.3 is 14.5 Å². The molecule has 3 heterocycles. The minimum atomic E-state index is -0.0373. The van der Waals surface area contributed by atoms with Gasteiger partial charge in [-0.05, 0) is 36.6 Å². The second-order valence-corrected chi connectivity index (χ2v) is 6.94. The van der Waals surface area contributed by atoms with Gasteiger partial charge in [0.15, 0.2) is 0 Å². The van der Waals surface area contributed by atoms with E-state index in [1.54, 1.807) is 18.3 Å². The van der Waals surface area contributed by atoms with E-state index in [-0.39, 0.29) is 11.8 Å². The van der Waals surface area contributed by atoms with Crippen molar-refractivity contribution >= 4 is 11.7 Å². The van der Waals surface area contributed by atoms with Gasteiger partial charge in [0.1, 0.15) is 17.6 Å². The van der Waals surface area contributed by atoms with Crippen molar-refractivity contribution in [2.45, 2.75) is 12.8 Å². The standard InChI is InChI=1S/C21H22N4O2/c22-15-18-5-3-8-23-20(18)24-9-11-25(12-10-24)21(26)17-7-13-27-19-6-2-1-4-16(19)14-17/h1-6,8,17H,7,9-14H2/t17-/m0/s1. The van der Waals surface area contributed by atoms with Gasteiger partial charge in [-0.3, -0.25) is 4.79 Å². The largest absolute Gasteiger partial charge is 0.493 e. The van der Waals surface area contributed by atoms with Crippen LogP contribution in [-0.2, 0) is 11.2 Å². The molecule has 1 aromatic carbocycles. The minimum Gasteiger partial charge on any atom is -0.493 e. The second-order valence-electron chi connectivity index (χ2n) is 6.94. The number of hydrogen-bond acceptors (Lipinski definition) is 5. The number of carbonyl (C=O) groups is 1. The van der Waals surface area contributed by atoms with E-state index in [0.29, 0.717) is 44.2 Å². The molecule has 1 amide bonds. The van der Waals surface area contributed by atoms with Gasteiger partial charge in [-0.2, -0.15) is 5.26 Å². The third-order valence-electron chi connectivity index (χ3n) is 5.31. The average Bonchev–Trinajstić information content (AvgIpc) is 2.96. The first-order valence-corrected chi connectivity index (χ1v) is 9.36. The van der Waals surface area contributed by atoms with Crippen LogP contribution in [0.5, 0.6) is 5.75 Å². The minimum absolute atomic E-state index is 0.0373. The van der Waals surface area contributed by atoms with Crippen LogP contribution in [0, 0.1) is 17.2 Å². The lowest BCUT2D eigenvalue weighted by Gasteiger charge is -2.37. The Kier molecular flexibility index (Phi) is 4.93. The first-order valence-electron chi connectivity index (χ1n) is 9.36. The molecule has 0 unspecified atom stereocenters. The number of carbonyl (C=O) groups excluding carboxylic acids is 1. The fraction of sp³-hybridized carbons (Fsp3) is 0.381. The molecule has 6 nitrogen and oxygen atoms in total. The lowest BCUT2D eigenvalue weighted by molar-refractivity contribution is -0.136. The molecule has 0 spiro atoms. The number of fused-ring (bicyclic) bond motifs is 1. The van der Waals surface area contributed by atoms with Crippen LogP contribution in [0.15, 0.2) is 42.6 Å².